The molecular formula is C26H40N2O4. The number of carbonyl (C=O) groups is 3. The summed E-state index contributed by atoms with van der Waals surface area (Å²) in [6.07, 6.45) is 12.3. The highest BCUT2D eigenvalue weighted by molar-refractivity contribution is 5.92. The lowest BCUT2D eigenvalue weighted by atomic mass is 10.1. The number of esters is 1. The van der Waals surface area contributed by atoms with Gasteiger partial charge in [0.2, 0.25) is 11.8 Å². The van der Waals surface area contributed by atoms with Crippen LogP contribution in [0.25, 0.3) is 0 Å². The number of hydrogen-bond donors (Lipinski definition) is 1. The van der Waals surface area contributed by atoms with Crippen molar-refractivity contribution in [1.29, 1.82) is 0 Å². The van der Waals surface area contributed by atoms with Crippen molar-refractivity contribution in [2.75, 3.05) is 19.7 Å². The van der Waals surface area contributed by atoms with Gasteiger partial charge in [-0.2, -0.15) is 0 Å². The second kappa shape index (κ2) is 15.4. The number of carbonyl (C=O) groups excluding carboxylic acids is 3. The molecule has 1 aromatic rings. The Morgan fingerprint density at radius 1 is 0.969 bits per heavy atom. The predicted octanol–water partition coefficient (Wildman–Crippen LogP) is 4.41. The highest BCUT2D eigenvalue weighted by Gasteiger charge is 2.34. The van der Waals surface area contributed by atoms with Crippen molar-refractivity contribution in [3.63, 3.8) is 0 Å². The summed E-state index contributed by atoms with van der Waals surface area (Å²) in [5, 5.41) is 2.76. The first-order chi connectivity index (χ1) is 15.6. The van der Waals surface area contributed by atoms with Gasteiger partial charge in [-0.25, -0.2) is 0 Å². The van der Waals surface area contributed by atoms with Crippen LogP contribution in [0, 0.1) is 0 Å². The van der Waals surface area contributed by atoms with Gasteiger partial charge in [0, 0.05) is 13.1 Å². The average Bonchev–Trinajstić information content (AvgIpc) is 2.79. The third kappa shape index (κ3) is 9.84. The number of nitrogens with one attached hydrogen (secondary N) is 1. The van der Waals surface area contributed by atoms with Gasteiger partial charge in [0.25, 0.3) is 0 Å². The molecule has 1 atom stereocenters. The molecule has 1 aromatic carbocycles. The van der Waals surface area contributed by atoms with Gasteiger partial charge in [-0.05, 0) is 12.0 Å². The number of benzene rings is 1. The summed E-state index contributed by atoms with van der Waals surface area (Å²) < 4.78 is 5.35. The highest BCUT2D eigenvalue weighted by Crippen LogP contribution is 2.14. The molecule has 6 heteroatoms. The molecule has 1 aliphatic rings. The van der Waals surface area contributed by atoms with Crippen LogP contribution < -0.4 is 5.32 Å². The number of amides is 2. The molecule has 1 heterocycles. The van der Waals surface area contributed by atoms with Crippen LogP contribution in [-0.2, 0) is 25.5 Å². The number of unbranched alkanes of at least 4 members (excludes halogenated alkanes) is 9. The lowest BCUT2D eigenvalue weighted by Crippen LogP contribution is -2.58. The zero-order chi connectivity index (χ0) is 23.0. The van der Waals surface area contributed by atoms with Crippen LogP contribution in [0.2, 0.25) is 0 Å². The van der Waals surface area contributed by atoms with Crippen molar-refractivity contribution >= 4 is 17.8 Å². The number of nitrogens with zero attached hydrogens (tertiary/aromatic N) is 1. The number of hydrogen-bond acceptors (Lipinski definition) is 4. The Kier molecular flexibility index (Phi) is 12.5. The van der Waals surface area contributed by atoms with E-state index in [1.54, 1.807) is 0 Å². The van der Waals surface area contributed by atoms with Gasteiger partial charge < -0.3 is 15.0 Å². The van der Waals surface area contributed by atoms with E-state index in [0.717, 1.165) is 24.8 Å². The van der Waals surface area contributed by atoms with Crippen LogP contribution >= 0.6 is 0 Å². The van der Waals surface area contributed by atoms with Gasteiger partial charge in [0.1, 0.15) is 6.04 Å². The molecule has 1 N–H and O–H groups in total. The van der Waals surface area contributed by atoms with Gasteiger partial charge in [0.05, 0.1) is 19.4 Å². The first-order valence-electron chi connectivity index (χ1n) is 12.4. The maximum atomic E-state index is 12.8. The van der Waals surface area contributed by atoms with E-state index < -0.39 is 12.0 Å². The molecule has 0 aromatic heterocycles. The molecule has 0 aliphatic carbocycles. The first-order valence-corrected chi connectivity index (χ1v) is 12.4. The summed E-state index contributed by atoms with van der Waals surface area (Å²) in [6.45, 7) is 3.43. The van der Waals surface area contributed by atoms with Crippen LogP contribution in [0.1, 0.15) is 83.1 Å². The Morgan fingerprint density at radius 2 is 1.59 bits per heavy atom. The molecule has 0 spiro atoms. The Morgan fingerprint density at radius 3 is 2.25 bits per heavy atom. The molecule has 6 nitrogen and oxygen atoms in total. The second-order valence-electron chi connectivity index (χ2n) is 8.66. The summed E-state index contributed by atoms with van der Waals surface area (Å²) in [5.41, 5.74) is 0.894. The zero-order valence-electron chi connectivity index (χ0n) is 19.7. The van der Waals surface area contributed by atoms with E-state index in [1.807, 2.05) is 30.3 Å². The molecule has 0 radical (unpaired) electrons. The van der Waals surface area contributed by atoms with Crippen LogP contribution in [0.5, 0.6) is 0 Å². The van der Waals surface area contributed by atoms with Crippen LogP contribution in [0.15, 0.2) is 30.3 Å². The Bertz CT molecular complexity index is 692. The molecule has 32 heavy (non-hydrogen) atoms. The van der Waals surface area contributed by atoms with E-state index in [1.165, 1.54) is 49.8 Å². The van der Waals surface area contributed by atoms with Crippen molar-refractivity contribution in [3.05, 3.63) is 35.9 Å². The highest BCUT2D eigenvalue weighted by atomic mass is 16.5. The molecule has 2 rings (SSSR count). The topological polar surface area (TPSA) is 75.7 Å². The monoisotopic (exact) mass is 444 g/mol. The molecule has 1 unspecified atom stereocenters. The van der Waals surface area contributed by atoms with Crippen molar-refractivity contribution in [3.8, 4) is 0 Å². The standard InChI is InChI=1S/C26H40N2O4/c1-2-3-4-5-6-7-8-9-10-14-19-32-25(30)21-23-26(31)27-17-18-28(23)24(29)20-22-15-12-11-13-16-22/h11-13,15-16,23H,2-10,14,17-21H2,1H3,(H,27,31). The Hall–Kier alpha value is -2.37. The summed E-state index contributed by atoms with van der Waals surface area (Å²) in [5.74, 6) is -0.840. The molecular weight excluding hydrogens is 404 g/mol. The molecule has 1 fully saturated rings. The lowest BCUT2D eigenvalue weighted by molar-refractivity contribution is -0.151. The largest absolute Gasteiger partial charge is 0.466 e. The summed E-state index contributed by atoms with van der Waals surface area (Å²) in [7, 11) is 0. The molecule has 0 saturated carbocycles. The zero-order valence-corrected chi connectivity index (χ0v) is 19.7. The summed E-state index contributed by atoms with van der Waals surface area (Å²) in [4.78, 5) is 38.9. The van der Waals surface area contributed by atoms with Gasteiger partial charge >= 0.3 is 5.97 Å². The van der Waals surface area contributed by atoms with E-state index in [4.69, 9.17) is 4.74 Å². The molecule has 1 aliphatic heterocycles. The first kappa shape index (κ1) is 25.9. The minimum absolute atomic E-state index is 0.0931. The maximum absolute atomic E-state index is 12.8. The van der Waals surface area contributed by atoms with Crippen molar-refractivity contribution in [2.45, 2.75) is 90.0 Å². The van der Waals surface area contributed by atoms with Crippen molar-refractivity contribution < 1.29 is 19.1 Å². The number of rotatable bonds is 15. The Labute approximate surface area is 193 Å². The van der Waals surface area contributed by atoms with E-state index in [9.17, 15) is 14.4 Å². The third-order valence-corrected chi connectivity index (χ3v) is 5.97. The van der Waals surface area contributed by atoms with Gasteiger partial charge in [-0.1, -0.05) is 95.0 Å². The quantitative estimate of drug-likeness (QED) is 0.321. The van der Waals surface area contributed by atoms with E-state index in [2.05, 4.69) is 12.2 Å². The van der Waals surface area contributed by atoms with E-state index in [-0.39, 0.29) is 24.7 Å². The molecule has 2 amide bonds. The summed E-state index contributed by atoms with van der Waals surface area (Å²) in [6, 6.07) is 8.65. The smallest absolute Gasteiger partial charge is 0.308 e. The molecule has 1 saturated heterocycles. The Balaban J connectivity index is 1.64. The summed E-state index contributed by atoms with van der Waals surface area (Å²) >= 11 is 0. The fourth-order valence-corrected chi connectivity index (χ4v) is 4.08. The lowest BCUT2D eigenvalue weighted by Gasteiger charge is -2.34. The van der Waals surface area contributed by atoms with Crippen LogP contribution in [-0.4, -0.2) is 48.4 Å². The SMILES string of the molecule is CCCCCCCCCCCCOC(=O)CC1C(=O)NCCN1C(=O)Cc1ccccc1. The number of piperazine rings is 1. The maximum Gasteiger partial charge on any atom is 0.308 e. The van der Waals surface area contributed by atoms with E-state index in [0.29, 0.717) is 19.7 Å². The van der Waals surface area contributed by atoms with E-state index >= 15 is 0 Å². The van der Waals surface area contributed by atoms with Gasteiger partial charge in [-0.3, -0.25) is 14.4 Å². The average molecular weight is 445 g/mol. The minimum Gasteiger partial charge on any atom is -0.466 e. The van der Waals surface area contributed by atoms with Gasteiger partial charge in [-0.15, -0.1) is 0 Å². The third-order valence-electron chi connectivity index (χ3n) is 5.97. The van der Waals surface area contributed by atoms with Crippen LogP contribution in [0.4, 0.5) is 0 Å². The molecule has 0 bridgehead atoms. The normalized spacial score (nSPS) is 16.0. The predicted molar refractivity (Wildman–Crippen MR) is 126 cm³/mol. The fraction of sp³-hybridized carbons (Fsp3) is 0.654. The van der Waals surface area contributed by atoms with Gasteiger partial charge in [0.15, 0.2) is 0 Å². The second-order valence-corrected chi connectivity index (χ2v) is 8.66. The fourth-order valence-electron chi connectivity index (χ4n) is 4.08. The van der Waals surface area contributed by atoms with Crippen molar-refractivity contribution in [2.24, 2.45) is 0 Å². The minimum atomic E-state index is -0.792. The molecule has 178 valence electrons. The van der Waals surface area contributed by atoms with Crippen LogP contribution in [0.3, 0.4) is 0 Å². The van der Waals surface area contributed by atoms with Crippen molar-refractivity contribution in [1.82, 2.24) is 10.2 Å². The number of ether oxygens (including phenoxy) is 1.